The van der Waals surface area contributed by atoms with Crippen LogP contribution in [0.2, 0.25) is 0 Å². The first-order valence-corrected chi connectivity index (χ1v) is 6.20. The number of nitrogens with one attached hydrogen (secondary N) is 1. The molecular weight excluding hydrogens is 254 g/mol. The Hall–Kier alpha value is -1.75. The van der Waals surface area contributed by atoms with Gasteiger partial charge < -0.3 is 11.1 Å². The molecule has 2 rings (SSSR count). The average molecular weight is 266 g/mol. The molecule has 0 aliphatic carbocycles. The molecule has 94 valence electrons. The SMILES string of the molecule is Nc1ccccc1Nc1ccccc1SC(F)F. The summed E-state index contributed by atoms with van der Waals surface area (Å²) < 4.78 is 24.9. The Kier molecular flexibility index (Phi) is 4.04. The molecule has 0 saturated heterocycles. The molecule has 2 aromatic carbocycles. The Morgan fingerprint density at radius 3 is 2.22 bits per heavy atom. The van der Waals surface area contributed by atoms with E-state index in [1.165, 1.54) is 0 Å². The van der Waals surface area contributed by atoms with Crippen LogP contribution in [0.4, 0.5) is 25.8 Å². The van der Waals surface area contributed by atoms with Gasteiger partial charge in [-0.05, 0) is 24.3 Å². The zero-order valence-corrected chi connectivity index (χ0v) is 10.3. The number of halogens is 2. The van der Waals surface area contributed by atoms with Crippen molar-refractivity contribution in [1.29, 1.82) is 0 Å². The van der Waals surface area contributed by atoms with E-state index in [9.17, 15) is 8.78 Å². The number of thioether (sulfide) groups is 1. The highest BCUT2D eigenvalue weighted by molar-refractivity contribution is 7.99. The van der Waals surface area contributed by atoms with Gasteiger partial charge in [-0.3, -0.25) is 0 Å². The second-order valence-electron chi connectivity index (χ2n) is 3.59. The fourth-order valence-electron chi connectivity index (χ4n) is 1.52. The van der Waals surface area contributed by atoms with Gasteiger partial charge in [-0.2, -0.15) is 8.78 Å². The van der Waals surface area contributed by atoms with E-state index in [-0.39, 0.29) is 0 Å². The third-order valence-corrected chi connectivity index (χ3v) is 3.12. The van der Waals surface area contributed by atoms with Gasteiger partial charge in [0.05, 0.1) is 17.1 Å². The summed E-state index contributed by atoms with van der Waals surface area (Å²) in [6.07, 6.45) is 0. The van der Waals surface area contributed by atoms with Crippen molar-refractivity contribution >= 4 is 28.8 Å². The van der Waals surface area contributed by atoms with E-state index >= 15 is 0 Å². The average Bonchev–Trinajstić information content (AvgIpc) is 2.34. The molecule has 0 amide bonds. The van der Waals surface area contributed by atoms with Crippen molar-refractivity contribution in [2.75, 3.05) is 11.1 Å². The minimum atomic E-state index is -2.44. The Balaban J connectivity index is 2.26. The third-order valence-electron chi connectivity index (χ3n) is 2.33. The largest absolute Gasteiger partial charge is 0.397 e. The number of nitrogen functional groups attached to an aromatic ring is 1. The summed E-state index contributed by atoms with van der Waals surface area (Å²) in [5.41, 5.74) is 7.71. The van der Waals surface area contributed by atoms with Crippen molar-refractivity contribution < 1.29 is 8.78 Å². The molecule has 2 nitrogen and oxygen atoms in total. The van der Waals surface area contributed by atoms with Gasteiger partial charge in [0, 0.05) is 4.90 Å². The summed E-state index contributed by atoms with van der Waals surface area (Å²) in [6.45, 7) is 0. The number of anilines is 3. The number of benzene rings is 2. The molecular formula is C13H12F2N2S. The summed E-state index contributed by atoms with van der Waals surface area (Å²) in [7, 11) is 0. The highest BCUT2D eigenvalue weighted by Gasteiger charge is 2.10. The minimum absolute atomic E-state index is 0.496. The van der Waals surface area contributed by atoms with Gasteiger partial charge in [-0.15, -0.1) is 0 Å². The summed E-state index contributed by atoms with van der Waals surface area (Å²) in [4.78, 5) is 0.496. The molecule has 2 aromatic rings. The van der Waals surface area contributed by atoms with Crippen LogP contribution < -0.4 is 11.1 Å². The lowest BCUT2D eigenvalue weighted by atomic mass is 10.2. The Labute approximate surface area is 108 Å². The molecule has 0 saturated carbocycles. The van der Waals surface area contributed by atoms with Crippen LogP contribution in [0.15, 0.2) is 53.4 Å². The van der Waals surface area contributed by atoms with Crippen LogP contribution in [0.3, 0.4) is 0 Å². The number of hydrogen-bond acceptors (Lipinski definition) is 3. The standard InChI is InChI=1S/C13H12F2N2S/c14-13(15)18-12-8-4-3-7-11(12)17-10-6-2-1-5-9(10)16/h1-8,13,17H,16H2. The van der Waals surface area contributed by atoms with Crippen LogP contribution in [0, 0.1) is 0 Å². The molecule has 0 unspecified atom stereocenters. The molecule has 3 N–H and O–H groups in total. The van der Waals surface area contributed by atoms with E-state index in [1.54, 1.807) is 36.4 Å². The first-order valence-electron chi connectivity index (χ1n) is 5.32. The Bertz CT molecular complexity index is 532. The molecule has 0 heterocycles. The Morgan fingerprint density at radius 1 is 0.944 bits per heavy atom. The predicted octanol–water partition coefficient (Wildman–Crippen LogP) is 4.33. The molecule has 0 aliphatic heterocycles. The minimum Gasteiger partial charge on any atom is -0.397 e. The maximum absolute atomic E-state index is 12.4. The summed E-state index contributed by atoms with van der Waals surface area (Å²) in [5, 5.41) is 3.07. The third kappa shape index (κ3) is 3.13. The van der Waals surface area contributed by atoms with Gasteiger partial charge in [-0.1, -0.05) is 36.0 Å². The smallest absolute Gasteiger partial charge is 0.288 e. The number of rotatable bonds is 4. The highest BCUT2D eigenvalue weighted by Crippen LogP contribution is 2.34. The van der Waals surface area contributed by atoms with E-state index in [0.717, 1.165) is 0 Å². The summed E-state index contributed by atoms with van der Waals surface area (Å²) in [5.74, 6) is -2.44. The van der Waals surface area contributed by atoms with Crippen molar-refractivity contribution in [1.82, 2.24) is 0 Å². The zero-order chi connectivity index (χ0) is 13.0. The van der Waals surface area contributed by atoms with Gasteiger partial charge in [0.15, 0.2) is 0 Å². The van der Waals surface area contributed by atoms with Crippen LogP contribution in [-0.2, 0) is 0 Å². The van der Waals surface area contributed by atoms with Crippen LogP contribution in [0.25, 0.3) is 0 Å². The predicted molar refractivity (Wildman–Crippen MR) is 72.4 cm³/mol. The van der Waals surface area contributed by atoms with Crippen LogP contribution in [0.1, 0.15) is 0 Å². The normalized spacial score (nSPS) is 10.6. The molecule has 0 spiro atoms. The molecule has 0 aromatic heterocycles. The number of hydrogen-bond donors (Lipinski definition) is 2. The fraction of sp³-hybridized carbons (Fsp3) is 0.0769. The van der Waals surface area contributed by atoms with Crippen molar-refractivity contribution in [3.63, 3.8) is 0 Å². The molecule has 0 bridgehead atoms. The van der Waals surface area contributed by atoms with Crippen molar-refractivity contribution in [2.24, 2.45) is 0 Å². The molecule has 5 heteroatoms. The fourth-order valence-corrected chi connectivity index (χ4v) is 2.12. The number of para-hydroxylation sites is 3. The number of alkyl halides is 2. The summed E-state index contributed by atoms with van der Waals surface area (Å²) >= 11 is 0.514. The lowest BCUT2D eigenvalue weighted by Gasteiger charge is -2.12. The van der Waals surface area contributed by atoms with E-state index in [0.29, 0.717) is 33.7 Å². The van der Waals surface area contributed by atoms with Crippen LogP contribution in [-0.4, -0.2) is 5.76 Å². The maximum Gasteiger partial charge on any atom is 0.288 e. The zero-order valence-electron chi connectivity index (χ0n) is 9.44. The van der Waals surface area contributed by atoms with E-state index in [4.69, 9.17) is 5.73 Å². The second kappa shape index (κ2) is 5.73. The van der Waals surface area contributed by atoms with Gasteiger partial charge in [0.2, 0.25) is 0 Å². The van der Waals surface area contributed by atoms with Gasteiger partial charge in [0.25, 0.3) is 5.76 Å². The highest BCUT2D eigenvalue weighted by atomic mass is 32.2. The molecule has 0 aliphatic rings. The molecule has 0 fully saturated rings. The first kappa shape index (κ1) is 12.7. The van der Waals surface area contributed by atoms with Gasteiger partial charge in [-0.25, -0.2) is 0 Å². The van der Waals surface area contributed by atoms with Crippen molar-refractivity contribution in [2.45, 2.75) is 10.7 Å². The van der Waals surface area contributed by atoms with Gasteiger partial charge in [0.1, 0.15) is 0 Å². The first-order chi connectivity index (χ1) is 8.66. The molecule has 18 heavy (non-hydrogen) atoms. The Morgan fingerprint density at radius 2 is 1.56 bits per heavy atom. The van der Waals surface area contributed by atoms with Crippen LogP contribution in [0.5, 0.6) is 0 Å². The monoisotopic (exact) mass is 266 g/mol. The van der Waals surface area contributed by atoms with Crippen molar-refractivity contribution in [3.05, 3.63) is 48.5 Å². The quantitative estimate of drug-likeness (QED) is 0.639. The van der Waals surface area contributed by atoms with Gasteiger partial charge >= 0.3 is 0 Å². The lowest BCUT2D eigenvalue weighted by molar-refractivity contribution is 0.252. The van der Waals surface area contributed by atoms with E-state index < -0.39 is 5.76 Å². The lowest BCUT2D eigenvalue weighted by Crippen LogP contribution is -1.97. The van der Waals surface area contributed by atoms with E-state index in [2.05, 4.69) is 5.32 Å². The van der Waals surface area contributed by atoms with Crippen molar-refractivity contribution in [3.8, 4) is 0 Å². The maximum atomic E-state index is 12.4. The second-order valence-corrected chi connectivity index (χ2v) is 4.62. The van der Waals surface area contributed by atoms with E-state index in [1.807, 2.05) is 12.1 Å². The topological polar surface area (TPSA) is 38.0 Å². The number of nitrogens with two attached hydrogens (primary N) is 1. The molecule has 0 atom stereocenters. The summed E-state index contributed by atoms with van der Waals surface area (Å²) in [6, 6.07) is 14.1. The molecule has 0 radical (unpaired) electrons. The van der Waals surface area contributed by atoms with Crippen LogP contribution >= 0.6 is 11.8 Å².